The zero-order valence-electron chi connectivity index (χ0n) is 18.6. The molecular formula is C22H25F3N2O5S. The molecule has 0 aliphatic carbocycles. The standard InChI is InChI=1S/C22H25F3N2O5S/c1-5-27(6-2)33(30,31)16-12-11-14(3)17(13-16)21(29)32-15(4)20(28)26-19-10-8-7-9-18(19)22(23,24)25/h7-13,15H,5-6H2,1-4H3,(H,26,28). The van der Waals surface area contributed by atoms with Crippen molar-refractivity contribution in [2.75, 3.05) is 18.4 Å². The highest BCUT2D eigenvalue weighted by atomic mass is 32.2. The first kappa shape index (κ1) is 26.3. The summed E-state index contributed by atoms with van der Waals surface area (Å²) in [6.45, 7) is 6.61. The summed E-state index contributed by atoms with van der Waals surface area (Å²) >= 11 is 0. The highest BCUT2D eigenvalue weighted by Gasteiger charge is 2.34. The van der Waals surface area contributed by atoms with Gasteiger partial charge < -0.3 is 10.1 Å². The van der Waals surface area contributed by atoms with Gasteiger partial charge in [0.05, 0.1) is 21.7 Å². The molecule has 0 bridgehead atoms. The Morgan fingerprint density at radius 2 is 1.70 bits per heavy atom. The Hall–Kier alpha value is -2.92. The van der Waals surface area contributed by atoms with Crippen molar-refractivity contribution < 1.29 is 35.9 Å². The summed E-state index contributed by atoms with van der Waals surface area (Å²) in [5.74, 6) is -1.94. The van der Waals surface area contributed by atoms with Gasteiger partial charge in [-0.15, -0.1) is 0 Å². The topological polar surface area (TPSA) is 92.8 Å². The molecule has 0 radical (unpaired) electrons. The third kappa shape index (κ3) is 6.11. The number of hydrogen-bond acceptors (Lipinski definition) is 5. The Morgan fingerprint density at radius 1 is 1.09 bits per heavy atom. The number of aryl methyl sites for hydroxylation is 1. The third-order valence-electron chi connectivity index (χ3n) is 4.92. The molecule has 0 saturated heterocycles. The summed E-state index contributed by atoms with van der Waals surface area (Å²) in [6, 6.07) is 8.38. The Bertz CT molecular complexity index is 1130. The first-order chi connectivity index (χ1) is 15.3. The maximum Gasteiger partial charge on any atom is 0.418 e. The maximum absolute atomic E-state index is 13.1. The number of para-hydroxylation sites is 1. The molecule has 7 nitrogen and oxygen atoms in total. The molecule has 180 valence electrons. The number of benzene rings is 2. The van der Waals surface area contributed by atoms with Crippen molar-refractivity contribution in [1.82, 2.24) is 4.31 Å². The number of halogens is 3. The van der Waals surface area contributed by atoms with Crippen molar-refractivity contribution in [3.8, 4) is 0 Å². The minimum absolute atomic E-state index is 0.0708. The van der Waals surface area contributed by atoms with E-state index in [1.54, 1.807) is 20.8 Å². The van der Waals surface area contributed by atoms with E-state index in [2.05, 4.69) is 5.32 Å². The fraction of sp³-hybridized carbons (Fsp3) is 0.364. The van der Waals surface area contributed by atoms with Crippen molar-refractivity contribution in [3.05, 3.63) is 59.2 Å². The number of carbonyl (C=O) groups excluding carboxylic acids is 2. The second kappa shape index (κ2) is 10.3. The minimum Gasteiger partial charge on any atom is -0.449 e. The van der Waals surface area contributed by atoms with E-state index < -0.39 is 45.4 Å². The van der Waals surface area contributed by atoms with E-state index in [0.717, 1.165) is 18.2 Å². The highest BCUT2D eigenvalue weighted by Crippen LogP contribution is 2.34. The molecule has 0 fully saturated rings. The second-order valence-corrected chi connectivity index (χ2v) is 9.08. The van der Waals surface area contributed by atoms with Gasteiger partial charge in [0.25, 0.3) is 5.91 Å². The number of ether oxygens (including phenoxy) is 1. The summed E-state index contributed by atoms with van der Waals surface area (Å²) in [5, 5.41) is 2.12. The van der Waals surface area contributed by atoms with Crippen LogP contribution in [0, 0.1) is 6.92 Å². The second-order valence-electron chi connectivity index (χ2n) is 7.15. The van der Waals surface area contributed by atoms with Crippen LogP contribution in [-0.4, -0.2) is 43.8 Å². The highest BCUT2D eigenvalue weighted by molar-refractivity contribution is 7.89. The largest absolute Gasteiger partial charge is 0.449 e. The molecule has 0 heterocycles. The lowest BCUT2D eigenvalue weighted by atomic mass is 10.1. The van der Waals surface area contributed by atoms with Gasteiger partial charge in [0.2, 0.25) is 10.0 Å². The normalized spacial score (nSPS) is 13.0. The fourth-order valence-corrected chi connectivity index (χ4v) is 4.53. The van der Waals surface area contributed by atoms with Crippen LogP contribution in [0.1, 0.15) is 42.3 Å². The van der Waals surface area contributed by atoms with Crippen molar-refractivity contribution in [2.24, 2.45) is 0 Å². The van der Waals surface area contributed by atoms with E-state index in [0.29, 0.717) is 5.56 Å². The monoisotopic (exact) mass is 486 g/mol. The zero-order valence-corrected chi connectivity index (χ0v) is 19.4. The van der Waals surface area contributed by atoms with Crippen molar-refractivity contribution in [3.63, 3.8) is 0 Å². The molecule has 1 N–H and O–H groups in total. The van der Waals surface area contributed by atoms with Crippen LogP contribution < -0.4 is 5.32 Å². The lowest BCUT2D eigenvalue weighted by Crippen LogP contribution is -2.32. The molecule has 0 saturated carbocycles. The van der Waals surface area contributed by atoms with E-state index in [1.165, 1.54) is 35.5 Å². The van der Waals surface area contributed by atoms with E-state index in [1.807, 2.05) is 0 Å². The predicted molar refractivity (Wildman–Crippen MR) is 116 cm³/mol. The number of carbonyl (C=O) groups is 2. The van der Waals surface area contributed by atoms with Gasteiger partial charge in [-0.05, 0) is 43.7 Å². The lowest BCUT2D eigenvalue weighted by Gasteiger charge is -2.20. The smallest absolute Gasteiger partial charge is 0.418 e. The number of amides is 1. The molecule has 11 heteroatoms. The first-order valence-corrected chi connectivity index (χ1v) is 11.6. The molecule has 0 aliphatic heterocycles. The van der Waals surface area contributed by atoms with Crippen LogP contribution in [0.4, 0.5) is 18.9 Å². The number of anilines is 1. The number of rotatable bonds is 8. The van der Waals surface area contributed by atoms with E-state index in [4.69, 9.17) is 4.74 Å². The summed E-state index contributed by atoms with van der Waals surface area (Å²) in [7, 11) is -3.84. The number of nitrogens with zero attached hydrogens (tertiary/aromatic N) is 1. The number of hydrogen-bond donors (Lipinski definition) is 1. The van der Waals surface area contributed by atoms with Crippen molar-refractivity contribution in [2.45, 2.75) is 44.9 Å². The van der Waals surface area contributed by atoms with Crippen LogP contribution in [0.25, 0.3) is 0 Å². The van der Waals surface area contributed by atoms with Crippen LogP contribution in [0.15, 0.2) is 47.4 Å². The zero-order chi connectivity index (χ0) is 25.0. The molecule has 0 aromatic heterocycles. The van der Waals surface area contributed by atoms with E-state index in [-0.39, 0.29) is 23.5 Å². The minimum atomic E-state index is -4.68. The average Bonchev–Trinajstić information content (AvgIpc) is 2.74. The van der Waals surface area contributed by atoms with Gasteiger partial charge in [-0.2, -0.15) is 17.5 Å². The summed E-state index contributed by atoms with van der Waals surface area (Å²) in [4.78, 5) is 24.9. The Balaban J connectivity index is 2.23. The van der Waals surface area contributed by atoms with Crippen LogP contribution in [0.5, 0.6) is 0 Å². The van der Waals surface area contributed by atoms with Crippen molar-refractivity contribution in [1.29, 1.82) is 0 Å². The quantitative estimate of drug-likeness (QED) is 0.564. The van der Waals surface area contributed by atoms with Crippen LogP contribution in [0.3, 0.4) is 0 Å². The molecule has 2 aromatic carbocycles. The number of esters is 1. The van der Waals surface area contributed by atoms with E-state index in [9.17, 15) is 31.2 Å². The number of sulfonamides is 1. The predicted octanol–water partition coefficient (Wildman–Crippen LogP) is 4.23. The molecule has 0 spiro atoms. The van der Waals surface area contributed by atoms with Crippen molar-refractivity contribution >= 4 is 27.6 Å². The van der Waals surface area contributed by atoms with Gasteiger partial charge in [-0.25, -0.2) is 13.2 Å². The fourth-order valence-electron chi connectivity index (χ4n) is 3.05. The van der Waals surface area contributed by atoms with Gasteiger partial charge in [-0.3, -0.25) is 4.79 Å². The first-order valence-electron chi connectivity index (χ1n) is 10.1. The molecule has 0 aliphatic rings. The average molecular weight is 487 g/mol. The van der Waals surface area contributed by atoms with Gasteiger partial charge >= 0.3 is 12.1 Å². The van der Waals surface area contributed by atoms with Gasteiger partial charge in [0.15, 0.2) is 6.10 Å². The van der Waals surface area contributed by atoms with E-state index >= 15 is 0 Å². The molecular weight excluding hydrogens is 461 g/mol. The molecule has 33 heavy (non-hydrogen) atoms. The van der Waals surface area contributed by atoms with Gasteiger partial charge in [0, 0.05) is 13.1 Å². The summed E-state index contributed by atoms with van der Waals surface area (Å²) in [6.07, 6.45) is -6.13. The molecule has 1 unspecified atom stereocenters. The van der Waals surface area contributed by atoms with Crippen LogP contribution >= 0.6 is 0 Å². The number of nitrogens with one attached hydrogen (secondary N) is 1. The van der Waals surface area contributed by atoms with Crippen LogP contribution in [0.2, 0.25) is 0 Å². The Kier molecular flexibility index (Phi) is 8.25. The SMILES string of the molecule is CCN(CC)S(=O)(=O)c1ccc(C)c(C(=O)OC(C)C(=O)Nc2ccccc2C(F)(F)F)c1. The van der Waals surface area contributed by atoms with Gasteiger partial charge in [-0.1, -0.05) is 32.0 Å². The molecule has 1 atom stereocenters. The summed E-state index contributed by atoms with van der Waals surface area (Å²) < 4.78 is 71.2. The van der Waals surface area contributed by atoms with Gasteiger partial charge in [0.1, 0.15) is 0 Å². The number of alkyl halides is 3. The molecule has 2 rings (SSSR count). The molecule has 1 amide bonds. The summed E-state index contributed by atoms with van der Waals surface area (Å²) in [5.41, 5.74) is -1.17. The third-order valence-corrected chi connectivity index (χ3v) is 6.96. The Labute approximate surface area is 190 Å². The maximum atomic E-state index is 13.1. The Morgan fingerprint density at radius 3 is 2.27 bits per heavy atom. The molecule has 2 aromatic rings. The lowest BCUT2D eigenvalue weighted by molar-refractivity contribution is -0.137. The van der Waals surface area contributed by atoms with Crippen LogP contribution in [-0.2, 0) is 25.7 Å².